The van der Waals surface area contributed by atoms with Crippen molar-refractivity contribution in [3.05, 3.63) is 23.8 Å². The molecule has 0 radical (unpaired) electrons. The van der Waals surface area contributed by atoms with E-state index in [1.165, 1.54) is 0 Å². The van der Waals surface area contributed by atoms with Gasteiger partial charge in [-0.1, -0.05) is 25.6 Å². The topological polar surface area (TPSA) is 52.3 Å². The monoisotopic (exact) mass is 273 g/mol. The number of esters is 1. The average Bonchev–Trinajstić information content (AvgIpc) is 3.12. The van der Waals surface area contributed by atoms with Crippen LogP contribution in [0.1, 0.15) is 18.4 Å². The van der Waals surface area contributed by atoms with E-state index in [1.807, 2.05) is 0 Å². The van der Waals surface area contributed by atoms with Crippen LogP contribution in [0.5, 0.6) is 5.75 Å². The molecule has 0 heterocycles. The Morgan fingerprint density at radius 3 is 2.63 bits per heavy atom. The smallest absolute Gasteiger partial charge is 0.314 e. The van der Waals surface area contributed by atoms with Crippen LogP contribution in [0.2, 0.25) is 19.6 Å². The van der Waals surface area contributed by atoms with Crippen LogP contribution in [-0.2, 0) is 4.79 Å². The van der Waals surface area contributed by atoms with Crippen molar-refractivity contribution in [1.29, 1.82) is 0 Å². The standard InChI is InChI=1S/C15H19NO2Si/c1-19(2,3)9-8-12-10-13(6-7-14(12)16)18-15(17)11-4-5-11/h6-7,10-11H,4-5,16H2,1-3H3. The Hall–Kier alpha value is -1.73. The fraction of sp³-hybridized carbons (Fsp3) is 0.400. The van der Waals surface area contributed by atoms with Gasteiger partial charge in [0.25, 0.3) is 0 Å². The molecular formula is C15H19NO2Si. The van der Waals surface area contributed by atoms with Gasteiger partial charge in [0.05, 0.1) is 11.5 Å². The second-order valence-corrected chi connectivity index (χ2v) is 10.7. The quantitative estimate of drug-likeness (QED) is 0.296. The number of carbonyl (C=O) groups excluding carboxylic acids is 1. The maximum Gasteiger partial charge on any atom is 0.314 e. The van der Waals surface area contributed by atoms with Gasteiger partial charge in [-0.25, -0.2) is 0 Å². The molecule has 0 spiro atoms. The molecule has 1 aliphatic carbocycles. The number of carbonyl (C=O) groups is 1. The molecule has 4 heteroatoms. The van der Waals surface area contributed by atoms with Crippen molar-refractivity contribution < 1.29 is 9.53 Å². The number of nitrogens with two attached hydrogens (primary N) is 1. The zero-order chi connectivity index (χ0) is 14.0. The van der Waals surface area contributed by atoms with E-state index in [0.717, 1.165) is 18.4 Å². The van der Waals surface area contributed by atoms with Crippen molar-refractivity contribution in [2.45, 2.75) is 32.5 Å². The predicted molar refractivity (Wildman–Crippen MR) is 79.4 cm³/mol. The number of anilines is 1. The Morgan fingerprint density at radius 2 is 2.05 bits per heavy atom. The molecule has 0 unspecified atom stereocenters. The molecule has 1 aromatic rings. The molecule has 0 aromatic heterocycles. The molecule has 2 rings (SSSR count). The summed E-state index contributed by atoms with van der Waals surface area (Å²) >= 11 is 0. The lowest BCUT2D eigenvalue weighted by Gasteiger charge is -2.07. The molecule has 19 heavy (non-hydrogen) atoms. The second-order valence-electron chi connectivity index (χ2n) is 5.94. The summed E-state index contributed by atoms with van der Waals surface area (Å²) < 4.78 is 5.31. The van der Waals surface area contributed by atoms with Gasteiger partial charge in [-0.2, -0.15) is 0 Å². The largest absolute Gasteiger partial charge is 0.426 e. The van der Waals surface area contributed by atoms with Gasteiger partial charge in [0.1, 0.15) is 13.8 Å². The summed E-state index contributed by atoms with van der Waals surface area (Å²) in [5, 5.41) is 0. The number of rotatable bonds is 2. The first kappa shape index (κ1) is 13.7. The molecule has 0 aliphatic heterocycles. The van der Waals surface area contributed by atoms with Crippen molar-refractivity contribution in [1.82, 2.24) is 0 Å². The first-order valence-corrected chi connectivity index (χ1v) is 9.99. The predicted octanol–water partition coefficient (Wildman–Crippen LogP) is 2.81. The normalized spacial score (nSPS) is 14.5. The molecule has 2 N–H and O–H groups in total. The Balaban J connectivity index is 2.18. The van der Waals surface area contributed by atoms with E-state index in [0.29, 0.717) is 11.4 Å². The molecule has 1 saturated carbocycles. The maximum absolute atomic E-state index is 11.6. The van der Waals surface area contributed by atoms with E-state index in [-0.39, 0.29) is 11.9 Å². The van der Waals surface area contributed by atoms with E-state index in [9.17, 15) is 4.79 Å². The number of hydrogen-bond donors (Lipinski definition) is 1. The zero-order valence-corrected chi connectivity index (χ0v) is 12.6. The van der Waals surface area contributed by atoms with Crippen LogP contribution in [0.25, 0.3) is 0 Å². The molecular weight excluding hydrogens is 254 g/mol. The van der Waals surface area contributed by atoms with Gasteiger partial charge >= 0.3 is 5.97 Å². The average molecular weight is 273 g/mol. The van der Waals surface area contributed by atoms with Gasteiger partial charge in [0.15, 0.2) is 0 Å². The molecule has 1 fully saturated rings. The SMILES string of the molecule is C[Si](C)(C)C#Cc1cc(OC(=O)C2CC2)ccc1N. The maximum atomic E-state index is 11.6. The van der Waals surface area contributed by atoms with Crippen LogP contribution in [0.3, 0.4) is 0 Å². The van der Waals surface area contributed by atoms with E-state index in [4.69, 9.17) is 10.5 Å². The van der Waals surface area contributed by atoms with Gasteiger partial charge in [-0.05, 0) is 31.0 Å². The van der Waals surface area contributed by atoms with Crippen LogP contribution in [0.15, 0.2) is 18.2 Å². The fourth-order valence-corrected chi connectivity index (χ4v) is 1.99. The Kier molecular flexibility index (Phi) is 3.68. The molecule has 0 bridgehead atoms. The van der Waals surface area contributed by atoms with Gasteiger partial charge in [-0.15, -0.1) is 5.54 Å². The van der Waals surface area contributed by atoms with Crippen molar-refractivity contribution >= 4 is 19.7 Å². The van der Waals surface area contributed by atoms with Crippen molar-refractivity contribution in [3.63, 3.8) is 0 Å². The first-order valence-electron chi connectivity index (χ1n) is 6.49. The lowest BCUT2D eigenvalue weighted by molar-refractivity contribution is -0.135. The molecule has 0 atom stereocenters. The highest BCUT2D eigenvalue weighted by Gasteiger charge is 2.31. The van der Waals surface area contributed by atoms with E-state index >= 15 is 0 Å². The third-order valence-corrected chi connectivity index (χ3v) is 3.60. The van der Waals surface area contributed by atoms with Crippen LogP contribution in [0, 0.1) is 17.4 Å². The van der Waals surface area contributed by atoms with Crippen molar-refractivity contribution in [3.8, 4) is 17.2 Å². The summed E-state index contributed by atoms with van der Waals surface area (Å²) in [5.41, 5.74) is 10.5. The molecule has 100 valence electrons. The Bertz CT molecular complexity index is 560. The summed E-state index contributed by atoms with van der Waals surface area (Å²) in [4.78, 5) is 11.6. The fourth-order valence-electron chi connectivity index (χ4n) is 1.48. The lowest BCUT2D eigenvalue weighted by atomic mass is 10.2. The minimum atomic E-state index is -1.44. The first-order chi connectivity index (χ1) is 8.85. The highest BCUT2D eigenvalue weighted by Crippen LogP contribution is 2.31. The van der Waals surface area contributed by atoms with E-state index < -0.39 is 8.07 Å². The summed E-state index contributed by atoms with van der Waals surface area (Å²) in [6, 6.07) is 5.21. The molecule has 1 aliphatic rings. The molecule has 0 amide bonds. The molecule has 1 aromatic carbocycles. The minimum Gasteiger partial charge on any atom is -0.426 e. The third-order valence-electron chi connectivity index (χ3n) is 2.73. The summed E-state index contributed by atoms with van der Waals surface area (Å²) in [6.07, 6.45) is 1.88. The van der Waals surface area contributed by atoms with Gasteiger partial charge in [-0.3, -0.25) is 4.79 Å². The number of benzene rings is 1. The second kappa shape index (κ2) is 5.10. The van der Waals surface area contributed by atoms with Crippen LogP contribution >= 0.6 is 0 Å². The highest BCUT2D eigenvalue weighted by molar-refractivity contribution is 6.83. The van der Waals surface area contributed by atoms with Crippen LogP contribution in [0.4, 0.5) is 5.69 Å². The minimum absolute atomic E-state index is 0.0917. The van der Waals surface area contributed by atoms with Gasteiger partial charge < -0.3 is 10.5 Å². The van der Waals surface area contributed by atoms with E-state index in [2.05, 4.69) is 31.1 Å². The van der Waals surface area contributed by atoms with Crippen LogP contribution in [-0.4, -0.2) is 14.0 Å². The van der Waals surface area contributed by atoms with Gasteiger partial charge in [0, 0.05) is 5.69 Å². The lowest BCUT2D eigenvalue weighted by Crippen LogP contribution is -2.16. The third kappa shape index (κ3) is 4.14. The Labute approximate surface area is 115 Å². The summed E-state index contributed by atoms with van der Waals surface area (Å²) in [5.74, 6) is 3.59. The Morgan fingerprint density at radius 1 is 1.37 bits per heavy atom. The molecule has 3 nitrogen and oxygen atoms in total. The number of ether oxygens (including phenoxy) is 1. The summed E-state index contributed by atoms with van der Waals surface area (Å²) in [6.45, 7) is 6.52. The number of hydrogen-bond acceptors (Lipinski definition) is 3. The summed E-state index contributed by atoms with van der Waals surface area (Å²) in [7, 11) is -1.44. The highest BCUT2D eigenvalue weighted by atomic mass is 28.3. The van der Waals surface area contributed by atoms with Crippen LogP contribution < -0.4 is 10.5 Å². The zero-order valence-electron chi connectivity index (χ0n) is 11.6. The van der Waals surface area contributed by atoms with E-state index in [1.54, 1.807) is 18.2 Å². The molecule has 0 saturated heterocycles. The number of nitrogen functional groups attached to an aromatic ring is 1. The van der Waals surface area contributed by atoms with Gasteiger partial charge in [0.2, 0.25) is 0 Å². The van der Waals surface area contributed by atoms with Crippen molar-refractivity contribution in [2.75, 3.05) is 5.73 Å². The van der Waals surface area contributed by atoms with Crippen molar-refractivity contribution in [2.24, 2.45) is 5.92 Å².